The molecule has 0 aromatic rings. The highest BCUT2D eigenvalue weighted by Gasteiger charge is 2.31. The Labute approximate surface area is 95.2 Å². The van der Waals surface area contributed by atoms with E-state index in [1.807, 2.05) is 0 Å². The van der Waals surface area contributed by atoms with Gasteiger partial charge in [0, 0.05) is 11.1 Å². The summed E-state index contributed by atoms with van der Waals surface area (Å²) in [4.78, 5) is 0. The maximum Gasteiger partial charge on any atom is 0.0130 e. The van der Waals surface area contributed by atoms with E-state index in [-0.39, 0.29) is 0 Å². The summed E-state index contributed by atoms with van der Waals surface area (Å²) in [6.45, 7) is 11.6. The third-order valence-electron chi connectivity index (χ3n) is 3.24. The van der Waals surface area contributed by atoms with E-state index in [2.05, 4.69) is 38.3 Å². The second-order valence-corrected chi connectivity index (χ2v) is 6.20. The molecule has 90 valence electrons. The van der Waals surface area contributed by atoms with Crippen molar-refractivity contribution < 1.29 is 0 Å². The van der Waals surface area contributed by atoms with Gasteiger partial charge in [-0.15, -0.1) is 0 Å². The highest BCUT2D eigenvalue weighted by atomic mass is 15.0. The molecule has 0 bridgehead atoms. The number of piperidine rings is 1. The van der Waals surface area contributed by atoms with Gasteiger partial charge >= 0.3 is 0 Å². The minimum absolute atomic E-state index is 0.363. The zero-order chi connectivity index (χ0) is 11.4. The lowest BCUT2D eigenvalue weighted by atomic mass is 9.83. The summed E-state index contributed by atoms with van der Waals surface area (Å²) >= 11 is 0. The summed E-state index contributed by atoms with van der Waals surface area (Å²) in [7, 11) is 0. The second kappa shape index (κ2) is 5.31. The van der Waals surface area contributed by atoms with E-state index in [1.54, 1.807) is 0 Å². The van der Waals surface area contributed by atoms with Gasteiger partial charge in [0.05, 0.1) is 0 Å². The maximum atomic E-state index is 3.63. The van der Waals surface area contributed by atoms with Crippen molar-refractivity contribution >= 4 is 0 Å². The largest absolute Gasteiger partial charge is 0.317 e. The Kier molecular flexibility index (Phi) is 4.60. The van der Waals surface area contributed by atoms with Crippen molar-refractivity contribution in [3.63, 3.8) is 0 Å². The predicted octanol–water partition coefficient (Wildman–Crippen LogP) is 2.69. The molecular formula is C13H28N2. The van der Waals surface area contributed by atoms with Crippen molar-refractivity contribution in [3.8, 4) is 0 Å². The molecule has 0 atom stereocenters. The minimum atomic E-state index is 0.363. The van der Waals surface area contributed by atoms with Gasteiger partial charge in [-0.1, -0.05) is 0 Å². The topological polar surface area (TPSA) is 24.1 Å². The van der Waals surface area contributed by atoms with Crippen LogP contribution in [-0.2, 0) is 0 Å². The third kappa shape index (κ3) is 5.53. The van der Waals surface area contributed by atoms with E-state index in [1.165, 1.54) is 45.2 Å². The Hall–Kier alpha value is -0.0800. The van der Waals surface area contributed by atoms with Gasteiger partial charge in [-0.25, -0.2) is 0 Å². The molecule has 0 saturated carbocycles. The Morgan fingerprint density at radius 2 is 1.20 bits per heavy atom. The van der Waals surface area contributed by atoms with Crippen LogP contribution >= 0.6 is 0 Å². The first-order valence-corrected chi connectivity index (χ1v) is 6.41. The molecule has 2 rings (SSSR count). The van der Waals surface area contributed by atoms with Crippen LogP contribution in [0.4, 0.5) is 0 Å². The van der Waals surface area contributed by atoms with Crippen LogP contribution in [0.2, 0.25) is 0 Å². The summed E-state index contributed by atoms with van der Waals surface area (Å²) in [6, 6.07) is 0. The molecule has 0 aromatic heterocycles. The maximum absolute atomic E-state index is 3.63. The second-order valence-electron chi connectivity index (χ2n) is 6.20. The molecule has 0 spiro atoms. The van der Waals surface area contributed by atoms with Gasteiger partial charge in [-0.2, -0.15) is 0 Å². The van der Waals surface area contributed by atoms with Crippen LogP contribution in [0.25, 0.3) is 0 Å². The Balaban J connectivity index is 0.000000187. The first-order chi connectivity index (χ1) is 6.91. The smallest absolute Gasteiger partial charge is 0.0130 e. The fourth-order valence-corrected chi connectivity index (χ4v) is 2.64. The first-order valence-electron chi connectivity index (χ1n) is 6.41. The molecule has 0 aromatic carbocycles. The SMILES string of the molecule is C1CCNC1.CC1(C)CCCC(C)(C)N1. The molecule has 2 heterocycles. The average Bonchev–Trinajstić information content (AvgIpc) is 2.54. The normalized spacial score (nSPS) is 28.0. The standard InChI is InChI=1S/C9H19N.C4H9N/c1-8(2)6-5-7-9(3,4)10-8;1-2-4-5-3-1/h10H,5-7H2,1-4H3;5H,1-4H2. The summed E-state index contributed by atoms with van der Waals surface area (Å²) in [5.41, 5.74) is 0.726. The molecule has 2 aliphatic rings. The van der Waals surface area contributed by atoms with E-state index in [4.69, 9.17) is 0 Å². The lowest BCUT2D eigenvalue weighted by Gasteiger charge is -2.42. The highest BCUT2D eigenvalue weighted by Crippen LogP contribution is 2.27. The molecule has 2 saturated heterocycles. The zero-order valence-corrected chi connectivity index (χ0v) is 10.9. The molecular weight excluding hydrogens is 184 g/mol. The van der Waals surface area contributed by atoms with Crippen LogP contribution < -0.4 is 10.6 Å². The van der Waals surface area contributed by atoms with Crippen LogP contribution in [0.5, 0.6) is 0 Å². The first kappa shape index (κ1) is 13.0. The quantitative estimate of drug-likeness (QED) is 0.645. The Morgan fingerprint density at radius 3 is 1.40 bits per heavy atom. The zero-order valence-electron chi connectivity index (χ0n) is 10.9. The van der Waals surface area contributed by atoms with Gasteiger partial charge in [-0.3, -0.25) is 0 Å². The van der Waals surface area contributed by atoms with Gasteiger partial charge in [0.25, 0.3) is 0 Å². The molecule has 0 amide bonds. The molecule has 0 aliphatic carbocycles. The molecule has 2 heteroatoms. The lowest BCUT2D eigenvalue weighted by molar-refractivity contribution is 0.183. The van der Waals surface area contributed by atoms with Crippen molar-refractivity contribution in [3.05, 3.63) is 0 Å². The van der Waals surface area contributed by atoms with E-state index >= 15 is 0 Å². The predicted molar refractivity (Wildman–Crippen MR) is 67.2 cm³/mol. The number of hydrogen-bond donors (Lipinski definition) is 2. The van der Waals surface area contributed by atoms with Gasteiger partial charge < -0.3 is 10.6 Å². The van der Waals surface area contributed by atoms with Crippen LogP contribution in [0, 0.1) is 0 Å². The number of nitrogens with one attached hydrogen (secondary N) is 2. The fourth-order valence-electron chi connectivity index (χ4n) is 2.64. The molecule has 2 N–H and O–H groups in total. The Bertz CT molecular complexity index is 159. The monoisotopic (exact) mass is 212 g/mol. The van der Waals surface area contributed by atoms with Gasteiger partial charge in [0.1, 0.15) is 0 Å². The highest BCUT2D eigenvalue weighted by molar-refractivity contribution is 4.92. The lowest BCUT2D eigenvalue weighted by Crippen LogP contribution is -2.55. The molecule has 2 aliphatic heterocycles. The van der Waals surface area contributed by atoms with Crippen molar-refractivity contribution in [2.75, 3.05) is 13.1 Å². The van der Waals surface area contributed by atoms with E-state index in [9.17, 15) is 0 Å². The average molecular weight is 212 g/mol. The van der Waals surface area contributed by atoms with Gasteiger partial charge in [0.15, 0.2) is 0 Å². The Morgan fingerprint density at radius 1 is 0.733 bits per heavy atom. The molecule has 0 unspecified atom stereocenters. The molecule has 2 fully saturated rings. The van der Waals surface area contributed by atoms with Crippen molar-refractivity contribution in [2.45, 2.75) is 70.9 Å². The molecule has 2 nitrogen and oxygen atoms in total. The van der Waals surface area contributed by atoms with Crippen molar-refractivity contribution in [1.82, 2.24) is 10.6 Å². The number of hydrogen-bond acceptors (Lipinski definition) is 2. The van der Waals surface area contributed by atoms with Crippen LogP contribution in [0.15, 0.2) is 0 Å². The number of rotatable bonds is 0. The minimum Gasteiger partial charge on any atom is -0.317 e. The van der Waals surface area contributed by atoms with E-state index in [0.717, 1.165) is 0 Å². The van der Waals surface area contributed by atoms with E-state index in [0.29, 0.717) is 11.1 Å². The summed E-state index contributed by atoms with van der Waals surface area (Å²) < 4.78 is 0. The van der Waals surface area contributed by atoms with E-state index < -0.39 is 0 Å². The van der Waals surface area contributed by atoms with Crippen molar-refractivity contribution in [1.29, 1.82) is 0 Å². The van der Waals surface area contributed by atoms with Gasteiger partial charge in [-0.05, 0) is 72.9 Å². The van der Waals surface area contributed by atoms with Crippen LogP contribution in [-0.4, -0.2) is 24.2 Å². The third-order valence-corrected chi connectivity index (χ3v) is 3.24. The summed E-state index contributed by atoms with van der Waals surface area (Å²) in [6.07, 6.45) is 6.78. The summed E-state index contributed by atoms with van der Waals surface area (Å²) in [5, 5.41) is 6.85. The van der Waals surface area contributed by atoms with Crippen molar-refractivity contribution in [2.24, 2.45) is 0 Å². The molecule has 0 radical (unpaired) electrons. The van der Waals surface area contributed by atoms with Crippen LogP contribution in [0.1, 0.15) is 59.8 Å². The molecule has 15 heavy (non-hydrogen) atoms. The fraction of sp³-hybridized carbons (Fsp3) is 1.00. The van der Waals surface area contributed by atoms with Gasteiger partial charge in [0.2, 0.25) is 0 Å². The van der Waals surface area contributed by atoms with Crippen LogP contribution in [0.3, 0.4) is 0 Å². The summed E-state index contributed by atoms with van der Waals surface area (Å²) in [5.74, 6) is 0.